The van der Waals surface area contributed by atoms with Gasteiger partial charge in [-0.3, -0.25) is 0 Å². The molecular weight excluding hydrogens is 218 g/mol. The van der Waals surface area contributed by atoms with Crippen LogP contribution >= 0.6 is 11.6 Å². The summed E-state index contributed by atoms with van der Waals surface area (Å²) in [5.74, 6) is 0. The summed E-state index contributed by atoms with van der Waals surface area (Å²) < 4.78 is 0. The summed E-state index contributed by atoms with van der Waals surface area (Å²) >= 11 is 5.91. The molecule has 0 bridgehead atoms. The zero-order chi connectivity index (χ0) is 11.1. The van der Waals surface area contributed by atoms with E-state index in [4.69, 9.17) is 11.6 Å². The van der Waals surface area contributed by atoms with Crippen LogP contribution in [0.4, 0.5) is 0 Å². The number of hydrogen-bond acceptors (Lipinski definition) is 1. The molecule has 0 aromatic heterocycles. The van der Waals surface area contributed by atoms with Crippen LogP contribution in [0.2, 0.25) is 5.02 Å². The molecule has 0 atom stereocenters. The first kappa shape index (κ1) is 9.98. The van der Waals surface area contributed by atoms with Crippen LogP contribution in [0, 0.1) is 0 Å². The van der Waals surface area contributed by atoms with E-state index in [9.17, 15) is 0 Å². The number of likely N-dealkylation sites (N-methyl/N-ethyl adjacent to an activating group) is 1. The van der Waals surface area contributed by atoms with E-state index in [-0.39, 0.29) is 0 Å². The summed E-state index contributed by atoms with van der Waals surface area (Å²) in [5, 5.41) is 0.803. The molecule has 0 spiro atoms. The Morgan fingerprint density at radius 1 is 1.25 bits per heavy atom. The van der Waals surface area contributed by atoms with Gasteiger partial charge in [-0.2, -0.15) is 0 Å². The zero-order valence-corrected chi connectivity index (χ0v) is 10.1. The van der Waals surface area contributed by atoms with Gasteiger partial charge in [0.1, 0.15) is 0 Å². The number of nitrogens with zero attached hydrogens (tertiary/aromatic N) is 1. The largest absolute Gasteiger partial charge is 0.373 e. The molecule has 3 rings (SSSR count). The fourth-order valence-corrected chi connectivity index (χ4v) is 2.36. The first-order valence-corrected chi connectivity index (χ1v) is 6.09. The molecule has 0 amide bonds. The van der Waals surface area contributed by atoms with E-state index in [1.54, 1.807) is 11.1 Å². The lowest BCUT2D eigenvalue weighted by molar-refractivity contribution is 0.433. The van der Waals surface area contributed by atoms with E-state index in [0.29, 0.717) is 0 Å². The number of rotatable bonds is 2. The van der Waals surface area contributed by atoms with Crippen LogP contribution in [0.3, 0.4) is 0 Å². The predicted molar refractivity (Wildman–Crippen MR) is 68.3 cm³/mol. The van der Waals surface area contributed by atoms with Crippen molar-refractivity contribution in [3.05, 3.63) is 52.2 Å². The highest BCUT2D eigenvalue weighted by Crippen LogP contribution is 2.45. The van der Waals surface area contributed by atoms with E-state index < -0.39 is 0 Å². The molecule has 0 N–H and O–H groups in total. The van der Waals surface area contributed by atoms with Gasteiger partial charge in [-0.1, -0.05) is 23.7 Å². The predicted octanol–water partition coefficient (Wildman–Crippen LogP) is 3.72. The Labute approximate surface area is 101 Å². The summed E-state index contributed by atoms with van der Waals surface area (Å²) in [6.07, 6.45) is 3.49. The van der Waals surface area contributed by atoms with Gasteiger partial charge < -0.3 is 4.90 Å². The van der Waals surface area contributed by atoms with Crippen LogP contribution < -0.4 is 0 Å². The van der Waals surface area contributed by atoms with Gasteiger partial charge in [-0.15, -0.1) is 0 Å². The number of allylic oxidation sites excluding steroid dienone is 2. The van der Waals surface area contributed by atoms with Crippen LogP contribution in [0.25, 0.3) is 5.57 Å². The van der Waals surface area contributed by atoms with Crippen molar-refractivity contribution in [1.29, 1.82) is 0 Å². The molecule has 2 heteroatoms. The summed E-state index contributed by atoms with van der Waals surface area (Å²) in [6, 6.07) is 8.14. The lowest BCUT2D eigenvalue weighted by Crippen LogP contribution is -2.19. The second-order valence-corrected chi connectivity index (χ2v) is 4.81. The average Bonchev–Trinajstić information content (AvgIpc) is 3.08. The Bertz CT molecular complexity index is 482. The van der Waals surface area contributed by atoms with Crippen molar-refractivity contribution >= 4 is 17.2 Å². The van der Waals surface area contributed by atoms with Gasteiger partial charge in [0.2, 0.25) is 0 Å². The van der Waals surface area contributed by atoms with Crippen molar-refractivity contribution in [1.82, 2.24) is 4.90 Å². The van der Waals surface area contributed by atoms with Crippen LogP contribution in [-0.2, 0) is 0 Å². The molecule has 1 aliphatic carbocycles. The molecule has 2 aliphatic rings. The van der Waals surface area contributed by atoms with Crippen LogP contribution in [0.15, 0.2) is 41.6 Å². The Hall–Kier alpha value is -1.21. The smallest absolute Gasteiger partial charge is 0.0406 e. The van der Waals surface area contributed by atoms with Crippen molar-refractivity contribution in [3.63, 3.8) is 0 Å². The maximum Gasteiger partial charge on any atom is 0.0406 e. The summed E-state index contributed by atoms with van der Waals surface area (Å²) in [4.78, 5) is 2.37. The number of benzene rings is 1. The molecule has 1 aromatic rings. The SMILES string of the molecule is CCN1C=C(c2ccc(Cl)cc2)C2=C(C2)C1. The fourth-order valence-electron chi connectivity index (χ4n) is 2.24. The van der Waals surface area contributed by atoms with Crippen LogP contribution in [0.1, 0.15) is 18.9 Å². The maximum absolute atomic E-state index is 5.91. The van der Waals surface area contributed by atoms with Gasteiger partial charge in [-0.05, 0) is 42.2 Å². The van der Waals surface area contributed by atoms with E-state index in [0.717, 1.165) is 18.1 Å². The third-order valence-electron chi connectivity index (χ3n) is 3.28. The summed E-state index contributed by atoms with van der Waals surface area (Å²) in [5.41, 5.74) is 5.83. The lowest BCUT2D eigenvalue weighted by Gasteiger charge is -2.21. The molecule has 0 saturated carbocycles. The monoisotopic (exact) mass is 231 g/mol. The second-order valence-electron chi connectivity index (χ2n) is 4.37. The highest BCUT2D eigenvalue weighted by atomic mass is 35.5. The average molecular weight is 232 g/mol. The van der Waals surface area contributed by atoms with Gasteiger partial charge >= 0.3 is 0 Å². The van der Waals surface area contributed by atoms with Gasteiger partial charge in [0.05, 0.1) is 0 Å². The van der Waals surface area contributed by atoms with Crippen molar-refractivity contribution in [2.75, 3.05) is 13.1 Å². The molecule has 0 saturated heterocycles. The van der Waals surface area contributed by atoms with Gasteiger partial charge in [0.15, 0.2) is 0 Å². The maximum atomic E-state index is 5.91. The Morgan fingerprint density at radius 3 is 2.69 bits per heavy atom. The van der Waals surface area contributed by atoms with E-state index in [2.05, 4.69) is 30.2 Å². The van der Waals surface area contributed by atoms with Gasteiger partial charge in [0, 0.05) is 29.9 Å². The molecule has 1 aromatic carbocycles. The normalized spacial score (nSPS) is 18.4. The Kier molecular flexibility index (Phi) is 2.29. The highest BCUT2D eigenvalue weighted by Gasteiger charge is 2.30. The van der Waals surface area contributed by atoms with E-state index >= 15 is 0 Å². The molecule has 1 nitrogen and oxygen atoms in total. The van der Waals surface area contributed by atoms with E-state index in [1.807, 2.05) is 12.1 Å². The number of halogens is 1. The first-order chi connectivity index (χ1) is 7.78. The first-order valence-electron chi connectivity index (χ1n) is 5.71. The molecule has 1 heterocycles. The van der Waals surface area contributed by atoms with Crippen molar-refractivity contribution in [3.8, 4) is 0 Å². The molecular formula is C14H14ClN. The topological polar surface area (TPSA) is 3.24 Å². The minimum atomic E-state index is 0.803. The molecule has 0 unspecified atom stereocenters. The van der Waals surface area contributed by atoms with Gasteiger partial charge in [-0.25, -0.2) is 0 Å². The van der Waals surface area contributed by atoms with Gasteiger partial charge in [0.25, 0.3) is 0 Å². The zero-order valence-electron chi connectivity index (χ0n) is 9.33. The quantitative estimate of drug-likeness (QED) is 0.750. The van der Waals surface area contributed by atoms with Crippen LogP contribution in [-0.4, -0.2) is 18.0 Å². The molecule has 0 fully saturated rings. The molecule has 1 aliphatic heterocycles. The van der Waals surface area contributed by atoms with Crippen molar-refractivity contribution in [2.45, 2.75) is 13.3 Å². The Morgan fingerprint density at radius 2 is 2.00 bits per heavy atom. The summed E-state index contributed by atoms with van der Waals surface area (Å²) in [6.45, 7) is 4.40. The van der Waals surface area contributed by atoms with Crippen molar-refractivity contribution < 1.29 is 0 Å². The highest BCUT2D eigenvalue weighted by molar-refractivity contribution is 6.30. The Balaban J connectivity index is 1.97. The standard InChI is InChI=1S/C14H14ClN/c1-2-16-8-11-7-13(11)14(9-16)10-3-5-12(15)6-4-10/h3-6,9H,2,7-8H2,1H3. The van der Waals surface area contributed by atoms with E-state index in [1.165, 1.54) is 17.6 Å². The molecule has 16 heavy (non-hydrogen) atoms. The molecule has 0 radical (unpaired) electrons. The third-order valence-corrected chi connectivity index (χ3v) is 3.54. The van der Waals surface area contributed by atoms with Crippen LogP contribution in [0.5, 0.6) is 0 Å². The second kappa shape index (κ2) is 3.67. The number of hydrogen-bond donors (Lipinski definition) is 0. The fraction of sp³-hybridized carbons (Fsp3) is 0.286. The van der Waals surface area contributed by atoms with Crippen molar-refractivity contribution in [2.24, 2.45) is 0 Å². The minimum Gasteiger partial charge on any atom is -0.373 e. The minimum absolute atomic E-state index is 0.803. The third kappa shape index (κ3) is 1.65. The lowest BCUT2D eigenvalue weighted by atomic mass is 10.0. The molecule has 82 valence electrons. The summed E-state index contributed by atoms with van der Waals surface area (Å²) in [7, 11) is 0.